The minimum absolute atomic E-state index is 0.0533. The highest BCUT2D eigenvalue weighted by atomic mass is 16.3. The molecule has 32 heavy (non-hydrogen) atoms. The molecule has 172 valence electrons. The van der Waals surface area contributed by atoms with Crippen LogP contribution in [0.15, 0.2) is 40.8 Å². The van der Waals surface area contributed by atoms with E-state index in [9.17, 15) is 14.4 Å². The van der Waals surface area contributed by atoms with Gasteiger partial charge in [0, 0.05) is 25.7 Å². The van der Waals surface area contributed by atoms with Gasteiger partial charge in [0.25, 0.3) is 11.8 Å². The average Bonchev–Trinajstić information content (AvgIpc) is 3.20. The monoisotopic (exact) mass is 440 g/mol. The Morgan fingerprint density at radius 2 is 1.78 bits per heavy atom. The second-order valence-corrected chi connectivity index (χ2v) is 8.63. The summed E-state index contributed by atoms with van der Waals surface area (Å²) in [5.41, 5.74) is 0.964. The Morgan fingerprint density at radius 1 is 1.06 bits per heavy atom. The maximum absolute atomic E-state index is 12.6. The van der Waals surface area contributed by atoms with Crippen molar-refractivity contribution in [3.05, 3.63) is 53.5 Å². The van der Waals surface area contributed by atoms with Crippen LogP contribution in [0.5, 0.6) is 0 Å². The van der Waals surface area contributed by atoms with Crippen LogP contribution < -0.4 is 16.0 Å². The molecule has 0 radical (unpaired) electrons. The molecule has 2 aromatic rings. The first-order valence-electron chi connectivity index (χ1n) is 11.1. The van der Waals surface area contributed by atoms with Gasteiger partial charge in [-0.2, -0.15) is 0 Å². The SMILES string of the molecule is Cc1ccc(C(=O)NC2CCN(CC(=O)Nc3ccccc3C(=O)NCC(C)C)CC2)o1. The van der Waals surface area contributed by atoms with Crippen LogP contribution in [0, 0.1) is 12.8 Å². The van der Waals surface area contributed by atoms with Crippen LogP contribution in [0.25, 0.3) is 0 Å². The van der Waals surface area contributed by atoms with Crippen molar-refractivity contribution in [1.82, 2.24) is 15.5 Å². The summed E-state index contributed by atoms with van der Waals surface area (Å²) in [4.78, 5) is 39.4. The molecular formula is C24H32N4O4. The lowest BCUT2D eigenvalue weighted by Gasteiger charge is -2.31. The molecule has 3 amide bonds. The van der Waals surface area contributed by atoms with Crippen LogP contribution in [-0.2, 0) is 4.79 Å². The zero-order chi connectivity index (χ0) is 23.1. The van der Waals surface area contributed by atoms with Crippen LogP contribution in [0.4, 0.5) is 5.69 Å². The predicted octanol–water partition coefficient (Wildman–Crippen LogP) is 2.81. The predicted molar refractivity (Wildman–Crippen MR) is 123 cm³/mol. The second-order valence-electron chi connectivity index (χ2n) is 8.63. The Kier molecular flexibility index (Phi) is 8.05. The van der Waals surface area contributed by atoms with Gasteiger partial charge >= 0.3 is 0 Å². The Bertz CT molecular complexity index is 945. The first kappa shape index (κ1) is 23.5. The number of carbonyl (C=O) groups is 3. The van der Waals surface area contributed by atoms with E-state index in [2.05, 4.69) is 20.9 Å². The van der Waals surface area contributed by atoms with E-state index >= 15 is 0 Å². The fourth-order valence-corrected chi connectivity index (χ4v) is 3.62. The van der Waals surface area contributed by atoms with Gasteiger partial charge in [0.15, 0.2) is 5.76 Å². The minimum Gasteiger partial charge on any atom is -0.456 e. The number of nitrogens with zero attached hydrogens (tertiary/aromatic N) is 1. The van der Waals surface area contributed by atoms with Crippen LogP contribution in [0.1, 0.15) is 53.4 Å². The van der Waals surface area contributed by atoms with Crippen molar-refractivity contribution in [1.29, 1.82) is 0 Å². The summed E-state index contributed by atoms with van der Waals surface area (Å²) in [6, 6.07) is 10.5. The van der Waals surface area contributed by atoms with Crippen LogP contribution in [-0.4, -0.2) is 54.8 Å². The molecule has 1 aliphatic heterocycles. The van der Waals surface area contributed by atoms with Gasteiger partial charge in [-0.1, -0.05) is 26.0 Å². The minimum atomic E-state index is -0.207. The Labute approximate surface area is 188 Å². The number of nitrogens with one attached hydrogen (secondary N) is 3. The van der Waals surface area contributed by atoms with E-state index in [0.717, 1.165) is 12.8 Å². The number of furan rings is 1. The van der Waals surface area contributed by atoms with Gasteiger partial charge in [0.1, 0.15) is 5.76 Å². The van der Waals surface area contributed by atoms with Crippen molar-refractivity contribution < 1.29 is 18.8 Å². The van der Waals surface area contributed by atoms with Crippen molar-refractivity contribution >= 4 is 23.4 Å². The molecule has 1 fully saturated rings. The van der Waals surface area contributed by atoms with Crippen molar-refractivity contribution in [2.75, 3.05) is 31.5 Å². The summed E-state index contributed by atoms with van der Waals surface area (Å²) in [5, 5.41) is 8.75. The molecule has 0 bridgehead atoms. The third kappa shape index (κ3) is 6.68. The van der Waals surface area contributed by atoms with Gasteiger partial charge in [-0.25, -0.2) is 0 Å². The number of aryl methyl sites for hydroxylation is 1. The molecular weight excluding hydrogens is 408 g/mol. The lowest BCUT2D eigenvalue weighted by molar-refractivity contribution is -0.117. The molecule has 0 aliphatic carbocycles. The number of rotatable bonds is 8. The molecule has 0 spiro atoms. The Morgan fingerprint density at radius 3 is 2.44 bits per heavy atom. The Balaban J connectivity index is 1.46. The summed E-state index contributed by atoms with van der Waals surface area (Å²) in [6.45, 7) is 8.07. The summed E-state index contributed by atoms with van der Waals surface area (Å²) in [5.74, 6) is 0.800. The fourth-order valence-electron chi connectivity index (χ4n) is 3.62. The van der Waals surface area contributed by atoms with E-state index in [0.29, 0.717) is 48.3 Å². The summed E-state index contributed by atoms with van der Waals surface area (Å²) in [6.07, 6.45) is 1.51. The van der Waals surface area contributed by atoms with E-state index in [4.69, 9.17) is 4.42 Å². The number of hydrogen-bond donors (Lipinski definition) is 3. The largest absolute Gasteiger partial charge is 0.456 e. The van der Waals surface area contributed by atoms with Gasteiger partial charge < -0.3 is 20.4 Å². The molecule has 1 saturated heterocycles. The number of carbonyl (C=O) groups excluding carboxylic acids is 3. The number of anilines is 1. The lowest BCUT2D eigenvalue weighted by Crippen LogP contribution is -2.46. The molecule has 0 saturated carbocycles. The maximum Gasteiger partial charge on any atom is 0.287 e. The molecule has 3 rings (SSSR count). The molecule has 8 heteroatoms. The normalized spacial score (nSPS) is 14.9. The highest BCUT2D eigenvalue weighted by Gasteiger charge is 2.24. The van der Waals surface area contributed by atoms with Crippen molar-refractivity contribution in [3.8, 4) is 0 Å². The Hall–Kier alpha value is -3.13. The number of para-hydroxylation sites is 1. The van der Waals surface area contributed by atoms with E-state index in [1.807, 2.05) is 13.8 Å². The van der Waals surface area contributed by atoms with Crippen molar-refractivity contribution in [2.45, 2.75) is 39.7 Å². The number of amides is 3. The van der Waals surface area contributed by atoms with Gasteiger partial charge in [-0.15, -0.1) is 0 Å². The molecule has 1 aromatic heterocycles. The number of hydrogen-bond acceptors (Lipinski definition) is 5. The zero-order valence-corrected chi connectivity index (χ0v) is 18.9. The number of likely N-dealkylation sites (tertiary alicyclic amines) is 1. The van der Waals surface area contributed by atoms with E-state index in [-0.39, 0.29) is 30.3 Å². The third-order valence-electron chi connectivity index (χ3n) is 5.37. The molecule has 2 heterocycles. The van der Waals surface area contributed by atoms with Gasteiger partial charge in [-0.3, -0.25) is 19.3 Å². The smallest absolute Gasteiger partial charge is 0.287 e. The summed E-state index contributed by atoms with van der Waals surface area (Å²) in [7, 11) is 0. The maximum atomic E-state index is 12.6. The first-order valence-corrected chi connectivity index (χ1v) is 11.1. The van der Waals surface area contributed by atoms with Gasteiger partial charge in [0.2, 0.25) is 5.91 Å². The molecule has 8 nitrogen and oxygen atoms in total. The van der Waals surface area contributed by atoms with Gasteiger partial charge in [-0.05, 0) is 49.9 Å². The van der Waals surface area contributed by atoms with Crippen molar-refractivity contribution in [2.24, 2.45) is 5.92 Å². The first-order chi connectivity index (χ1) is 15.3. The molecule has 0 atom stereocenters. The third-order valence-corrected chi connectivity index (χ3v) is 5.37. The fraction of sp³-hybridized carbons (Fsp3) is 0.458. The molecule has 3 N–H and O–H groups in total. The van der Waals surface area contributed by atoms with E-state index < -0.39 is 0 Å². The quantitative estimate of drug-likeness (QED) is 0.586. The average molecular weight is 441 g/mol. The highest BCUT2D eigenvalue weighted by Crippen LogP contribution is 2.16. The topological polar surface area (TPSA) is 104 Å². The standard InChI is InChI=1S/C24H32N4O4/c1-16(2)14-25-23(30)19-6-4-5-7-20(19)27-22(29)15-28-12-10-18(11-13-28)26-24(31)21-9-8-17(3)32-21/h4-9,16,18H,10-15H2,1-3H3,(H,25,30)(H,26,31)(H,27,29). The van der Waals surface area contributed by atoms with E-state index in [1.54, 1.807) is 43.3 Å². The summed E-state index contributed by atoms with van der Waals surface area (Å²) >= 11 is 0. The van der Waals surface area contributed by atoms with Crippen molar-refractivity contribution in [3.63, 3.8) is 0 Å². The highest BCUT2D eigenvalue weighted by molar-refractivity contribution is 6.04. The number of benzene rings is 1. The second kappa shape index (κ2) is 10.9. The van der Waals surface area contributed by atoms with Crippen LogP contribution in [0.2, 0.25) is 0 Å². The van der Waals surface area contributed by atoms with Crippen LogP contribution in [0.3, 0.4) is 0 Å². The zero-order valence-electron chi connectivity index (χ0n) is 18.9. The van der Waals surface area contributed by atoms with E-state index in [1.165, 1.54) is 0 Å². The number of piperidine rings is 1. The lowest BCUT2D eigenvalue weighted by atomic mass is 10.0. The molecule has 1 aromatic carbocycles. The molecule has 1 aliphatic rings. The van der Waals surface area contributed by atoms with Crippen LogP contribution >= 0.6 is 0 Å². The molecule has 0 unspecified atom stereocenters. The van der Waals surface area contributed by atoms with Gasteiger partial charge in [0.05, 0.1) is 17.8 Å². The summed E-state index contributed by atoms with van der Waals surface area (Å²) < 4.78 is 5.37.